The molecule has 0 radical (unpaired) electrons. The van der Waals surface area contributed by atoms with Gasteiger partial charge in [0.15, 0.2) is 6.10 Å². The number of carbonyl (C=O) groups is 3. The Hall–Kier alpha value is -3.23. The molecule has 0 unspecified atom stereocenters. The number of aromatic nitrogens is 1. The normalized spacial score (nSPS) is 11.9. The molecule has 2 rings (SSSR count). The van der Waals surface area contributed by atoms with Crippen LogP contribution in [0.3, 0.4) is 0 Å². The first-order valence-corrected chi connectivity index (χ1v) is 8.88. The molecular formula is C20H22F2N2O5. The summed E-state index contributed by atoms with van der Waals surface area (Å²) in [5.74, 6) is -3.87. The van der Waals surface area contributed by atoms with Crippen molar-refractivity contribution in [3.63, 3.8) is 0 Å². The highest BCUT2D eigenvalue weighted by atomic mass is 19.1. The molecule has 1 aromatic heterocycles. The van der Waals surface area contributed by atoms with Crippen molar-refractivity contribution in [1.82, 2.24) is 4.98 Å². The van der Waals surface area contributed by atoms with Gasteiger partial charge in [-0.15, -0.1) is 0 Å². The lowest BCUT2D eigenvalue weighted by Crippen LogP contribution is -2.30. The molecule has 0 aliphatic carbocycles. The average molecular weight is 408 g/mol. The van der Waals surface area contributed by atoms with Crippen LogP contribution in [-0.4, -0.2) is 35.0 Å². The van der Waals surface area contributed by atoms with Crippen molar-refractivity contribution in [1.29, 1.82) is 0 Å². The summed E-state index contributed by atoms with van der Waals surface area (Å²) >= 11 is 0. The number of halogens is 2. The topological polar surface area (TPSA) is 97.5 Å². The minimum atomic E-state index is -1.31. The van der Waals surface area contributed by atoms with E-state index in [4.69, 9.17) is 9.47 Å². The van der Waals surface area contributed by atoms with E-state index in [9.17, 15) is 23.2 Å². The predicted molar refractivity (Wildman–Crippen MR) is 101 cm³/mol. The Kier molecular flexibility index (Phi) is 6.73. The van der Waals surface area contributed by atoms with E-state index in [1.54, 1.807) is 27.7 Å². The second kappa shape index (κ2) is 8.85. The van der Waals surface area contributed by atoms with Gasteiger partial charge in [-0.1, -0.05) is 0 Å². The van der Waals surface area contributed by atoms with Crippen molar-refractivity contribution in [2.24, 2.45) is 0 Å². The van der Waals surface area contributed by atoms with Gasteiger partial charge in [-0.25, -0.2) is 18.4 Å². The van der Waals surface area contributed by atoms with Crippen molar-refractivity contribution < 1.29 is 32.6 Å². The van der Waals surface area contributed by atoms with E-state index in [2.05, 4.69) is 10.3 Å². The van der Waals surface area contributed by atoms with E-state index in [0.717, 1.165) is 18.2 Å². The first kappa shape index (κ1) is 22.1. The summed E-state index contributed by atoms with van der Waals surface area (Å²) in [5, 5.41) is 2.16. The number of nitrogens with one attached hydrogen (secondary N) is 2. The molecule has 0 spiro atoms. The van der Waals surface area contributed by atoms with E-state index in [1.165, 1.54) is 6.92 Å². The molecule has 1 atom stereocenters. The summed E-state index contributed by atoms with van der Waals surface area (Å²) in [6.07, 6.45) is -1.64. The van der Waals surface area contributed by atoms with Crippen molar-refractivity contribution in [3.8, 4) is 0 Å². The van der Waals surface area contributed by atoms with Gasteiger partial charge >= 0.3 is 11.9 Å². The number of esters is 2. The predicted octanol–water partition coefficient (Wildman–Crippen LogP) is 3.66. The number of aryl methyl sites for hydroxylation is 1. The molecule has 1 amide bonds. The number of ether oxygens (including phenoxy) is 2. The van der Waals surface area contributed by atoms with Crippen molar-refractivity contribution in [2.75, 3.05) is 5.32 Å². The Morgan fingerprint density at radius 3 is 2.31 bits per heavy atom. The third-order valence-electron chi connectivity index (χ3n) is 4.03. The van der Waals surface area contributed by atoms with Crippen LogP contribution in [0.25, 0.3) is 0 Å². The molecule has 29 heavy (non-hydrogen) atoms. The zero-order valence-corrected chi connectivity index (χ0v) is 16.7. The van der Waals surface area contributed by atoms with Gasteiger partial charge in [0.2, 0.25) is 0 Å². The summed E-state index contributed by atoms with van der Waals surface area (Å²) in [5.41, 5.74) is 0.573. The Morgan fingerprint density at radius 2 is 1.69 bits per heavy atom. The molecule has 156 valence electrons. The van der Waals surface area contributed by atoms with Gasteiger partial charge in [0.05, 0.1) is 17.4 Å². The van der Waals surface area contributed by atoms with Crippen LogP contribution in [0, 0.1) is 25.5 Å². The van der Waals surface area contributed by atoms with Gasteiger partial charge in [0, 0.05) is 11.8 Å². The number of amides is 1. The second-order valence-electron chi connectivity index (χ2n) is 6.74. The fraction of sp³-hybridized carbons (Fsp3) is 0.350. The highest BCUT2D eigenvalue weighted by Crippen LogP contribution is 2.21. The van der Waals surface area contributed by atoms with E-state index in [0.29, 0.717) is 11.3 Å². The maximum atomic E-state index is 13.6. The van der Waals surface area contributed by atoms with Crippen LogP contribution < -0.4 is 5.32 Å². The highest BCUT2D eigenvalue weighted by Gasteiger charge is 2.27. The number of H-pyrrole nitrogens is 1. The number of benzene rings is 1. The standard InChI is InChI=1S/C20H22F2N2O5/c1-9(2)28-19(26)16-10(3)17(23-11(16)4)20(27)29-12(5)18(25)24-15-8-13(21)6-7-14(15)22/h6-9,12,23H,1-5H3,(H,24,25)/t12-/m1/s1. The average Bonchev–Trinajstić information content (AvgIpc) is 2.91. The molecule has 1 heterocycles. The molecule has 2 N–H and O–H groups in total. The maximum absolute atomic E-state index is 13.6. The van der Waals surface area contributed by atoms with Crippen LogP contribution >= 0.6 is 0 Å². The Balaban J connectivity index is 2.12. The molecule has 2 aromatic rings. The molecule has 7 nitrogen and oxygen atoms in total. The van der Waals surface area contributed by atoms with Crippen LogP contribution in [0.2, 0.25) is 0 Å². The van der Waals surface area contributed by atoms with Gasteiger partial charge in [-0.05, 0) is 52.3 Å². The number of hydrogen-bond donors (Lipinski definition) is 2. The molecule has 0 fully saturated rings. The molecule has 0 bridgehead atoms. The van der Waals surface area contributed by atoms with Crippen LogP contribution in [0.4, 0.5) is 14.5 Å². The van der Waals surface area contributed by atoms with Gasteiger partial charge < -0.3 is 19.8 Å². The number of carbonyl (C=O) groups excluding carboxylic acids is 3. The molecular weight excluding hydrogens is 386 g/mol. The summed E-state index contributed by atoms with van der Waals surface area (Å²) in [6.45, 7) is 7.83. The zero-order chi connectivity index (χ0) is 21.9. The molecule has 0 saturated heterocycles. The van der Waals surface area contributed by atoms with Crippen molar-refractivity contribution in [2.45, 2.75) is 46.8 Å². The first-order valence-electron chi connectivity index (χ1n) is 8.88. The third-order valence-corrected chi connectivity index (χ3v) is 4.03. The molecule has 1 aromatic carbocycles. The van der Waals surface area contributed by atoms with Gasteiger partial charge in [-0.2, -0.15) is 0 Å². The first-order chi connectivity index (χ1) is 13.5. The van der Waals surface area contributed by atoms with Crippen LogP contribution in [0.1, 0.15) is 52.9 Å². The number of rotatable bonds is 6. The number of hydrogen-bond acceptors (Lipinski definition) is 5. The lowest BCUT2D eigenvalue weighted by molar-refractivity contribution is -0.123. The lowest BCUT2D eigenvalue weighted by atomic mass is 10.1. The van der Waals surface area contributed by atoms with Crippen molar-refractivity contribution >= 4 is 23.5 Å². The largest absolute Gasteiger partial charge is 0.459 e. The Morgan fingerprint density at radius 1 is 1.03 bits per heavy atom. The summed E-state index contributed by atoms with van der Waals surface area (Å²) in [6, 6.07) is 2.59. The summed E-state index contributed by atoms with van der Waals surface area (Å²) in [4.78, 5) is 39.6. The van der Waals surface area contributed by atoms with E-state index in [-0.39, 0.29) is 23.0 Å². The lowest BCUT2D eigenvalue weighted by Gasteiger charge is -2.14. The van der Waals surface area contributed by atoms with Crippen LogP contribution in [-0.2, 0) is 14.3 Å². The van der Waals surface area contributed by atoms with Crippen molar-refractivity contribution in [3.05, 3.63) is 52.3 Å². The van der Waals surface area contributed by atoms with Gasteiger partial charge in [-0.3, -0.25) is 4.79 Å². The van der Waals surface area contributed by atoms with Gasteiger partial charge in [0.1, 0.15) is 17.3 Å². The highest BCUT2D eigenvalue weighted by molar-refractivity contribution is 6.00. The summed E-state index contributed by atoms with van der Waals surface area (Å²) < 4.78 is 37.1. The van der Waals surface area contributed by atoms with E-state index >= 15 is 0 Å². The monoisotopic (exact) mass is 408 g/mol. The Bertz CT molecular complexity index is 953. The Labute approximate surface area is 166 Å². The number of anilines is 1. The minimum Gasteiger partial charge on any atom is -0.459 e. The SMILES string of the molecule is Cc1[nH]c(C(=O)O[C@H](C)C(=O)Nc2cc(F)ccc2F)c(C)c1C(=O)OC(C)C. The quantitative estimate of drug-likeness (QED) is 0.711. The molecule has 9 heteroatoms. The maximum Gasteiger partial charge on any atom is 0.355 e. The van der Waals surface area contributed by atoms with Gasteiger partial charge in [0.25, 0.3) is 5.91 Å². The third kappa shape index (κ3) is 5.18. The van der Waals surface area contributed by atoms with E-state index < -0.39 is 35.6 Å². The van der Waals surface area contributed by atoms with Crippen LogP contribution in [0.15, 0.2) is 18.2 Å². The smallest absolute Gasteiger partial charge is 0.355 e. The fourth-order valence-corrected chi connectivity index (χ4v) is 2.63. The van der Waals surface area contributed by atoms with E-state index in [1.807, 2.05) is 0 Å². The zero-order valence-electron chi connectivity index (χ0n) is 16.7. The molecule has 0 aliphatic heterocycles. The second-order valence-corrected chi connectivity index (χ2v) is 6.74. The summed E-state index contributed by atoms with van der Waals surface area (Å²) in [7, 11) is 0. The van der Waals surface area contributed by atoms with Crippen LogP contribution in [0.5, 0.6) is 0 Å². The minimum absolute atomic E-state index is 0.00482. The fourth-order valence-electron chi connectivity index (χ4n) is 2.63. The molecule has 0 saturated carbocycles. The number of aromatic amines is 1. The molecule has 0 aliphatic rings.